The van der Waals surface area contributed by atoms with E-state index in [-0.39, 0.29) is 17.6 Å². The lowest BCUT2D eigenvalue weighted by Crippen LogP contribution is -2.56. The van der Waals surface area contributed by atoms with Crippen LogP contribution in [0.5, 0.6) is 0 Å². The van der Waals surface area contributed by atoms with Crippen molar-refractivity contribution in [2.75, 3.05) is 13.6 Å². The lowest BCUT2D eigenvalue weighted by molar-refractivity contribution is -0.141. The van der Waals surface area contributed by atoms with Crippen molar-refractivity contribution in [3.05, 3.63) is 24.2 Å². The molecule has 130 valence electrons. The first-order chi connectivity index (χ1) is 11.6. The summed E-state index contributed by atoms with van der Waals surface area (Å²) in [7, 11) is 1.96. The maximum atomic E-state index is 12.6. The number of nitrogens with one attached hydrogen (secondary N) is 1. The summed E-state index contributed by atoms with van der Waals surface area (Å²) >= 11 is 0. The molecule has 0 radical (unpaired) electrons. The van der Waals surface area contributed by atoms with Crippen molar-refractivity contribution in [3.8, 4) is 0 Å². The Kier molecular flexibility index (Phi) is 4.10. The lowest BCUT2D eigenvalue weighted by Gasteiger charge is -2.56. The van der Waals surface area contributed by atoms with Crippen LogP contribution >= 0.6 is 0 Å². The molecule has 5 nitrogen and oxygen atoms in total. The summed E-state index contributed by atoms with van der Waals surface area (Å²) in [6.07, 6.45) is 8.49. The number of hydrogen-bond donors (Lipinski definition) is 1. The van der Waals surface area contributed by atoms with Crippen LogP contribution in [0.2, 0.25) is 0 Å². The maximum absolute atomic E-state index is 12.6. The van der Waals surface area contributed by atoms with Gasteiger partial charge >= 0.3 is 0 Å². The van der Waals surface area contributed by atoms with Crippen molar-refractivity contribution in [3.63, 3.8) is 0 Å². The van der Waals surface area contributed by atoms with Gasteiger partial charge in [0.15, 0.2) is 5.76 Å². The molecule has 0 spiro atoms. The molecule has 2 amide bonds. The van der Waals surface area contributed by atoms with Crippen LogP contribution in [0.4, 0.5) is 0 Å². The molecular weight excluding hydrogens is 304 g/mol. The number of hydrogen-bond acceptors (Lipinski definition) is 3. The average molecular weight is 330 g/mol. The van der Waals surface area contributed by atoms with E-state index in [4.69, 9.17) is 4.42 Å². The number of carbonyl (C=O) groups is 2. The van der Waals surface area contributed by atoms with Crippen molar-refractivity contribution >= 4 is 11.8 Å². The van der Waals surface area contributed by atoms with E-state index in [0.717, 1.165) is 11.8 Å². The molecule has 24 heavy (non-hydrogen) atoms. The SMILES string of the molecule is CN(C(=O)CCNC(=O)c1ccco1)C1C2CC3CC(C2)CC1C3. The highest BCUT2D eigenvalue weighted by atomic mass is 16.3. The summed E-state index contributed by atoms with van der Waals surface area (Å²) in [6, 6.07) is 3.73. The van der Waals surface area contributed by atoms with Gasteiger partial charge < -0.3 is 14.6 Å². The van der Waals surface area contributed by atoms with Crippen molar-refractivity contribution in [1.29, 1.82) is 0 Å². The van der Waals surface area contributed by atoms with Gasteiger partial charge in [-0.25, -0.2) is 0 Å². The second-order valence-corrected chi connectivity index (χ2v) is 7.91. The van der Waals surface area contributed by atoms with E-state index in [1.165, 1.54) is 38.4 Å². The lowest BCUT2D eigenvalue weighted by atomic mass is 9.54. The molecule has 0 unspecified atom stereocenters. The van der Waals surface area contributed by atoms with Crippen LogP contribution in [-0.4, -0.2) is 36.3 Å². The standard InChI is InChI=1S/C19H26N2O3/c1-21(17(22)4-5-20-19(23)16-3-2-6-24-16)18-14-8-12-7-13(10-14)11-15(18)9-12/h2-3,6,12-15,18H,4-5,7-11H2,1H3,(H,20,23). The minimum atomic E-state index is -0.259. The maximum Gasteiger partial charge on any atom is 0.286 e. The second-order valence-electron chi connectivity index (χ2n) is 7.91. The van der Waals surface area contributed by atoms with E-state index >= 15 is 0 Å². The summed E-state index contributed by atoms with van der Waals surface area (Å²) < 4.78 is 5.05. The van der Waals surface area contributed by atoms with E-state index in [1.807, 2.05) is 11.9 Å². The van der Waals surface area contributed by atoms with Crippen LogP contribution in [0.1, 0.15) is 49.1 Å². The zero-order valence-electron chi connectivity index (χ0n) is 14.2. The Hall–Kier alpha value is -1.78. The highest BCUT2D eigenvalue weighted by Crippen LogP contribution is 2.54. The van der Waals surface area contributed by atoms with E-state index < -0.39 is 0 Å². The Balaban J connectivity index is 1.29. The highest BCUT2D eigenvalue weighted by Gasteiger charge is 2.50. The van der Waals surface area contributed by atoms with Gasteiger partial charge in [0.2, 0.25) is 5.91 Å². The molecule has 0 atom stereocenters. The molecule has 4 saturated carbocycles. The van der Waals surface area contributed by atoms with Crippen LogP contribution < -0.4 is 5.32 Å². The third kappa shape index (κ3) is 2.85. The van der Waals surface area contributed by atoms with Gasteiger partial charge in [-0.3, -0.25) is 9.59 Å². The summed E-state index contributed by atoms with van der Waals surface area (Å²) in [4.78, 5) is 26.4. The summed E-state index contributed by atoms with van der Waals surface area (Å²) in [5.41, 5.74) is 0. The number of nitrogens with zero attached hydrogens (tertiary/aromatic N) is 1. The van der Waals surface area contributed by atoms with Crippen molar-refractivity contribution in [1.82, 2.24) is 10.2 Å². The molecule has 4 aliphatic rings. The molecule has 0 saturated heterocycles. The summed E-state index contributed by atoms with van der Waals surface area (Å²) in [5, 5.41) is 2.76. The Morgan fingerprint density at radius 2 is 1.83 bits per heavy atom. The number of furan rings is 1. The van der Waals surface area contributed by atoms with Gasteiger partial charge in [-0.15, -0.1) is 0 Å². The van der Waals surface area contributed by atoms with Crippen LogP contribution in [0.3, 0.4) is 0 Å². The predicted molar refractivity (Wildman–Crippen MR) is 89.3 cm³/mol. The number of rotatable bonds is 5. The Morgan fingerprint density at radius 1 is 1.17 bits per heavy atom. The molecule has 1 N–H and O–H groups in total. The fraction of sp³-hybridized carbons (Fsp3) is 0.684. The first-order valence-corrected chi connectivity index (χ1v) is 9.19. The monoisotopic (exact) mass is 330 g/mol. The molecule has 4 bridgehead atoms. The molecule has 4 fully saturated rings. The van der Waals surface area contributed by atoms with Crippen LogP contribution in [-0.2, 0) is 4.79 Å². The van der Waals surface area contributed by atoms with Gasteiger partial charge in [-0.2, -0.15) is 0 Å². The van der Waals surface area contributed by atoms with E-state index in [9.17, 15) is 9.59 Å². The van der Waals surface area contributed by atoms with E-state index in [2.05, 4.69) is 5.32 Å². The zero-order valence-corrected chi connectivity index (χ0v) is 14.2. The fourth-order valence-electron chi connectivity index (χ4n) is 5.65. The molecular formula is C19H26N2O3. The van der Waals surface area contributed by atoms with Crippen LogP contribution in [0.25, 0.3) is 0 Å². The third-order valence-corrected chi connectivity index (χ3v) is 6.39. The fourth-order valence-corrected chi connectivity index (χ4v) is 5.65. The number of amides is 2. The second kappa shape index (κ2) is 6.26. The molecule has 1 aromatic rings. The van der Waals surface area contributed by atoms with Crippen molar-refractivity contribution < 1.29 is 14.0 Å². The average Bonchev–Trinajstić information content (AvgIpc) is 3.08. The quantitative estimate of drug-likeness (QED) is 0.903. The van der Waals surface area contributed by atoms with Gasteiger partial charge in [0, 0.05) is 26.1 Å². The first-order valence-electron chi connectivity index (χ1n) is 9.19. The van der Waals surface area contributed by atoms with E-state index in [0.29, 0.717) is 30.8 Å². The van der Waals surface area contributed by atoms with E-state index in [1.54, 1.807) is 12.1 Å². The van der Waals surface area contributed by atoms with Gasteiger partial charge in [0.1, 0.15) is 0 Å². The Morgan fingerprint density at radius 3 is 2.42 bits per heavy atom. The normalized spacial score (nSPS) is 33.5. The molecule has 5 rings (SSSR count). The minimum Gasteiger partial charge on any atom is -0.459 e. The van der Waals surface area contributed by atoms with Crippen LogP contribution in [0, 0.1) is 23.7 Å². The topological polar surface area (TPSA) is 62.6 Å². The molecule has 1 heterocycles. The van der Waals surface area contributed by atoms with Gasteiger partial charge in [-0.05, 0) is 67.9 Å². The van der Waals surface area contributed by atoms with Gasteiger partial charge in [0.25, 0.3) is 5.91 Å². The minimum absolute atomic E-state index is 0.146. The molecule has 4 aliphatic carbocycles. The summed E-state index contributed by atoms with van der Waals surface area (Å²) in [5.74, 6) is 3.41. The Labute approximate surface area is 142 Å². The molecule has 5 heteroatoms. The van der Waals surface area contributed by atoms with Gasteiger partial charge in [-0.1, -0.05) is 0 Å². The summed E-state index contributed by atoms with van der Waals surface area (Å²) in [6.45, 7) is 0.357. The number of carbonyl (C=O) groups excluding carboxylic acids is 2. The largest absolute Gasteiger partial charge is 0.459 e. The molecule has 0 aromatic carbocycles. The predicted octanol–water partition coefficient (Wildman–Crippen LogP) is 2.68. The van der Waals surface area contributed by atoms with Crippen LogP contribution in [0.15, 0.2) is 22.8 Å². The first kappa shape index (κ1) is 15.7. The van der Waals surface area contributed by atoms with Gasteiger partial charge in [0.05, 0.1) is 6.26 Å². The smallest absolute Gasteiger partial charge is 0.286 e. The Bertz CT molecular complexity index is 582. The third-order valence-electron chi connectivity index (χ3n) is 6.39. The highest BCUT2D eigenvalue weighted by molar-refractivity contribution is 5.91. The van der Waals surface area contributed by atoms with Crippen molar-refractivity contribution in [2.45, 2.75) is 44.6 Å². The van der Waals surface area contributed by atoms with Crippen molar-refractivity contribution in [2.24, 2.45) is 23.7 Å². The molecule has 1 aromatic heterocycles. The molecule has 0 aliphatic heterocycles. The zero-order chi connectivity index (χ0) is 16.7.